The van der Waals surface area contributed by atoms with Crippen LogP contribution in [0.3, 0.4) is 0 Å². The Bertz CT molecular complexity index is 627. The van der Waals surface area contributed by atoms with E-state index in [1.807, 2.05) is 36.7 Å². The molecule has 1 aliphatic rings. The second-order valence-corrected chi connectivity index (χ2v) is 4.87. The molecule has 100 valence electrons. The number of rotatable bonds is 2. The first-order valence-electron chi connectivity index (χ1n) is 6.45. The van der Waals surface area contributed by atoms with Crippen molar-refractivity contribution in [1.29, 1.82) is 0 Å². The van der Waals surface area contributed by atoms with Crippen molar-refractivity contribution in [2.75, 3.05) is 19.8 Å². The second-order valence-electron chi connectivity index (χ2n) is 4.87. The molecule has 3 rings (SSSR count). The van der Waals surface area contributed by atoms with Gasteiger partial charge in [0.15, 0.2) is 5.78 Å². The predicted molar refractivity (Wildman–Crippen MR) is 72.4 cm³/mol. The number of aromatic nitrogens is 2. The van der Waals surface area contributed by atoms with Gasteiger partial charge in [-0.1, -0.05) is 0 Å². The van der Waals surface area contributed by atoms with Crippen molar-refractivity contribution >= 4 is 16.8 Å². The van der Waals surface area contributed by atoms with Crippen molar-refractivity contribution in [2.24, 2.45) is 7.05 Å². The van der Waals surface area contributed by atoms with Crippen LogP contribution in [-0.2, 0) is 11.8 Å². The van der Waals surface area contributed by atoms with Crippen LogP contribution < -0.4 is 5.32 Å². The summed E-state index contributed by atoms with van der Waals surface area (Å²) >= 11 is 0. The van der Waals surface area contributed by atoms with Crippen LogP contribution in [0.1, 0.15) is 16.2 Å². The van der Waals surface area contributed by atoms with E-state index >= 15 is 0 Å². The molecule has 2 heterocycles. The average Bonchev–Trinajstić information content (AvgIpc) is 2.74. The molecule has 1 atom stereocenters. The quantitative estimate of drug-likeness (QED) is 0.819. The van der Waals surface area contributed by atoms with E-state index in [0.29, 0.717) is 18.8 Å². The minimum absolute atomic E-state index is 0.0740. The molecule has 0 aliphatic carbocycles. The third-order valence-corrected chi connectivity index (χ3v) is 3.63. The lowest BCUT2D eigenvalue weighted by Gasteiger charge is -2.22. The van der Waals surface area contributed by atoms with Gasteiger partial charge in [0.25, 0.3) is 0 Å². The Morgan fingerprint density at radius 3 is 3.11 bits per heavy atom. The Hall–Kier alpha value is -1.72. The van der Waals surface area contributed by atoms with Crippen LogP contribution in [0.2, 0.25) is 0 Å². The maximum Gasteiger partial charge on any atom is 0.182 e. The summed E-state index contributed by atoms with van der Waals surface area (Å²) in [7, 11) is 1.97. The molecule has 2 aromatic rings. The number of fused-ring (bicyclic) bond motifs is 1. The minimum Gasteiger partial charge on any atom is -0.378 e. The third-order valence-electron chi connectivity index (χ3n) is 3.63. The smallest absolute Gasteiger partial charge is 0.182 e. The molecule has 0 radical (unpaired) electrons. The highest BCUT2D eigenvalue weighted by molar-refractivity contribution is 6.02. The van der Waals surface area contributed by atoms with Gasteiger partial charge in [-0.25, -0.2) is 4.98 Å². The number of benzene rings is 1. The van der Waals surface area contributed by atoms with Gasteiger partial charge in [0.05, 0.1) is 30.3 Å². The summed E-state index contributed by atoms with van der Waals surface area (Å²) in [5.41, 5.74) is 2.60. The molecule has 1 N–H and O–H groups in total. The van der Waals surface area contributed by atoms with E-state index in [4.69, 9.17) is 4.74 Å². The number of Topliss-reactive ketones (excluding diaryl/α,β-unsaturated/α-hetero) is 1. The first-order valence-corrected chi connectivity index (χ1v) is 6.45. The van der Waals surface area contributed by atoms with Crippen LogP contribution in [0.5, 0.6) is 0 Å². The lowest BCUT2D eigenvalue weighted by Crippen LogP contribution is -2.46. The van der Waals surface area contributed by atoms with Gasteiger partial charge in [0.2, 0.25) is 0 Å². The zero-order chi connectivity index (χ0) is 13.4. The van der Waals surface area contributed by atoms with E-state index in [9.17, 15) is 4.79 Å². The fourth-order valence-corrected chi connectivity index (χ4v) is 2.41. The monoisotopic (exact) mass is 259 g/mol. The molecule has 1 aromatic carbocycles. The summed E-state index contributed by atoms with van der Waals surface area (Å²) in [5.74, 6) is 1.02. The molecular weight excluding hydrogens is 242 g/mol. The molecule has 1 saturated heterocycles. The molecule has 1 unspecified atom stereocenters. The number of nitrogens with one attached hydrogen (secondary N) is 1. The number of hydrogen-bond acceptors (Lipinski definition) is 4. The van der Waals surface area contributed by atoms with Gasteiger partial charge in [0.1, 0.15) is 5.82 Å². The van der Waals surface area contributed by atoms with Crippen LogP contribution in [0.4, 0.5) is 0 Å². The highest BCUT2D eigenvalue weighted by atomic mass is 16.5. The van der Waals surface area contributed by atoms with E-state index in [0.717, 1.165) is 23.4 Å². The summed E-state index contributed by atoms with van der Waals surface area (Å²) in [5, 5.41) is 3.18. The van der Waals surface area contributed by atoms with Crippen LogP contribution in [0.25, 0.3) is 11.0 Å². The van der Waals surface area contributed by atoms with Gasteiger partial charge in [0, 0.05) is 19.2 Å². The molecule has 5 nitrogen and oxygen atoms in total. The number of hydrogen-bond donors (Lipinski definition) is 1. The zero-order valence-corrected chi connectivity index (χ0v) is 11.1. The average molecular weight is 259 g/mol. The van der Waals surface area contributed by atoms with E-state index in [1.165, 1.54) is 0 Å². The molecule has 0 amide bonds. The van der Waals surface area contributed by atoms with Crippen LogP contribution >= 0.6 is 0 Å². The SMILES string of the molecule is Cc1nc2cc(C(=O)C3COCCN3)ccc2n1C. The van der Waals surface area contributed by atoms with Gasteiger partial charge in [-0.2, -0.15) is 0 Å². The normalized spacial score (nSPS) is 19.8. The predicted octanol–water partition coefficient (Wildman–Crippen LogP) is 1.05. The van der Waals surface area contributed by atoms with Crippen LogP contribution in [-0.4, -0.2) is 41.1 Å². The Morgan fingerprint density at radius 2 is 2.37 bits per heavy atom. The zero-order valence-electron chi connectivity index (χ0n) is 11.1. The molecule has 1 aromatic heterocycles. The summed E-state index contributed by atoms with van der Waals surface area (Å²) in [4.78, 5) is 16.8. The number of ketones is 1. The molecule has 0 bridgehead atoms. The van der Waals surface area contributed by atoms with E-state index < -0.39 is 0 Å². The number of nitrogens with zero attached hydrogens (tertiary/aromatic N) is 2. The van der Waals surface area contributed by atoms with Crippen LogP contribution in [0, 0.1) is 6.92 Å². The highest BCUT2D eigenvalue weighted by Gasteiger charge is 2.23. The molecule has 0 saturated carbocycles. The number of morpholine rings is 1. The Labute approximate surface area is 111 Å². The molecule has 5 heteroatoms. The van der Waals surface area contributed by atoms with E-state index in [2.05, 4.69) is 10.3 Å². The standard InChI is InChI=1S/C14H17N3O2/c1-9-16-11-7-10(3-4-13(11)17(9)2)14(18)12-8-19-6-5-15-12/h3-4,7,12,15H,5-6,8H2,1-2H3. The van der Waals surface area contributed by atoms with Crippen molar-refractivity contribution in [1.82, 2.24) is 14.9 Å². The van der Waals surface area contributed by atoms with Crippen molar-refractivity contribution < 1.29 is 9.53 Å². The lowest BCUT2D eigenvalue weighted by atomic mass is 10.0. The number of carbonyl (C=O) groups excluding carboxylic acids is 1. The van der Waals surface area contributed by atoms with Crippen molar-refractivity contribution in [3.63, 3.8) is 0 Å². The number of aryl methyl sites for hydroxylation is 2. The third kappa shape index (κ3) is 2.15. The Morgan fingerprint density at radius 1 is 1.53 bits per heavy atom. The van der Waals surface area contributed by atoms with Crippen molar-refractivity contribution in [2.45, 2.75) is 13.0 Å². The fourth-order valence-electron chi connectivity index (χ4n) is 2.41. The van der Waals surface area contributed by atoms with E-state index in [-0.39, 0.29) is 11.8 Å². The highest BCUT2D eigenvalue weighted by Crippen LogP contribution is 2.17. The van der Waals surface area contributed by atoms with Gasteiger partial charge < -0.3 is 14.6 Å². The van der Waals surface area contributed by atoms with Gasteiger partial charge in [-0.05, 0) is 25.1 Å². The fraction of sp³-hybridized carbons (Fsp3) is 0.429. The first kappa shape index (κ1) is 12.3. The van der Waals surface area contributed by atoms with E-state index in [1.54, 1.807) is 0 Å². The van der Waals surface area contributed by atoms with Gasteiger partial charge in [-0.3, -0.25) is 4.79 Å². The number of ether oxygens (including phenoxy) is 1. The largest absolute Gasteiger partial charge is 0.378 e. The van der Waals surface area contributed by atoms with Crippen molar-refractivity contribution in [3.05, 3.63) is 29.6 Å². The molecular formula is C14H17N3O2. The summed E-state index contributed by atoms with van der Waals surface area (Å²) in [6.07, 6.45) is 0. The van der Waals surface area contributed by atoms with Gasteiger partial charge in [-0.15, -0.1) is 0 Å². The van der Waals surface area contributed by atoms with Crippen molar-refractivity contribution in [3.8, 4) is 0 Å². The summed E-state index contributed by atoms with van der Waals surface area (Å²) < 4.78 is 7.35. The van der Waals surface area contributed by atoms with Crippen LogP contribution in [0.15, 0.2) is 18.2 Å². The number of carbonyl (C=O) groups is 1. The maximum absolute atomic E-state index is 12.4. The summed E-state index contributed by atoms with van der Waals surface area (Å²) in [6.45, 7) is 3.79. The molecule has 19 heavy (non-hydrogen) atoms. The minimum atomic E-state index is -0.240. The summed E-state index contributed by atoms with van der Waals surface area (Å²) in [6, 6.07) is 5.44. The topological polar surface area (TPSA) is 56.1 Å². The first-order chi connectivity index (χ1) is 9.16. The molecule has 1 aliphatic heterocycles. The van der Waals surface area contributed by atoms with Gasteiger partial charge >= 0.3 is 0 Å². The Balaban J connectivity index is 1.94. The Kier molecular flexibility index (Phi) is 3.08. The maximum atomic E-state index is 12.4. The lowest BCUT2D eigenvalue weighted by molar-refractivity contribution is 0.0607. The molecule has 1 fully saturated rings. The number of imidazole rings is 1. The molecule has 0 spiro atoms. The second kappa shape index (κ2) is 4.75.